The molecule has 1 amide bonds. The highest BCUT2D eigenvalue weighted by molar-refractivity contribution is 5.79. The van der Waals surface area contributed by atoms with Gasteiger partial charge in [0, 0.05) is 13.1 Å². The molecule has 1 N–H and O–H groups in total. The number of carboxylic acids is 1. The average molecular weight is 439 g/mol. The molecule has 182 valence electrons. The highest BCUT2D eigenvalue weighted by Crippen LogP contribution is 2.18. The second-order valence-corrected chi connectivity index (χ2v) is 9.51. The predicted molar refractivity (Wildman–Crippen MR) is 129 cm³/mol. The molecule has 31 heavy (non-hydrogen) atoms. The van der Waals surface area contributed by atoms with Gasteiger partial charge in [-0.3, -0.25) is 14.5 Å². The lowest BCUT2D eigenvalue weighted by molar-refractivity contribution is -0.146. The molecule has 1 saturated heterocycles. The van der Waals surface area contributed by atoms with Gasteiger partial charge in [0.15, 0.2) is 0 Å². The molecule has 1 heterocycles. The Kier molecular flexibility index (Phi) is 16.6. The number of aliphatic carboxylic acids is 1. The largest absolute Gasteiger partial charge is 0.481 e. The van der Waals surface area contributed by atoms with Gasteiger partial charge >= 0.3 is 5.97 Å². The molecule has 0 aromatic rings. The standard InChI is InChI=1S/C26H50N2O3/c1-3-5-7-9-11-13-15-19-27(20-16-14-12-10-8-6-4-2)23-25(29)28-21-17-24(18-22-28)26(30)31/h24H,3-23H2,1-2H3,(H,30,31). The van der Waals surface area contributed by atoms with E-state index in [0.29, 0.717) is 32.5 Å². The SMILES string of the molecule is CCCCCCCCCN(CCCCCCCCC)CC(=O)N1CCC(C(=O)O)CC1. The van der Waals surface area contributed by atoms with E-state index >= 15 is 0 Å². The predicted octanol–water partition coefficient (Wildman–Crippen LogP) is 6.11. The van der Waals surface area contributed by atoms with E-state index in [0.717, 1.165) is 13.1 Å². The highest BCUT2D eigenvalue weighted by Gasteiger charge is 2.27. The summed E-state index contributed by atoms with van der Waals surface area (Å²) in [4.78, 5) is 28.2. The van der Waals surface area contributed by atoms with Crippen molar-refractivity contribution < 1.29 is 14.7 Å². The van der Waals surface area contributed by atoms with Crippen molar-refractivity contribution in [1.82, 2.24) is 9.80 Å². The fourth-order valence-corrected chi connectivity index (χ4v) is 4.52. The molecule has 5 nitrogen and oxygen atoms in total. The lowest BCUT2D eigenvalue weighted by Crippen LogP contribution is -2.45. The third-order valence-electron chi connectivity index (χ3n) is 6.71. The molecule has 0 spiro atoms. The Hall–Kier alpha value is -1.10. The monoisotopic (exact) mass is 438 g/mol. The minimum atomic E-state index is -0.716. The van der Waals surface area contributed by atoms with E-state index in [1.807, 2.05) is 4.90 Å². The van der Waals surface area contributed by atoms with Crippen LogP contribution >= 0.6 is 0 Å². The van der Waals surface area contributed by atoms with Crippen LogP contribution in [0.15, 0.2) is 0 Å². The van der Waals surface area contributed by atoms with Crippen LogP contribution < -0.4 is 0 Å². The molecule has 1 aliphatic rings. The van der Waals surface area contributed by atoms with Gasteiger partial charge in [-0.15, -0.1) is 0 Å². The molecule has 0 atom stereocenters. The van der Waals surface area contributed by atoms with Crippen LogP contribution in [0.3, 0.4) is 0 Å². The number of nitrogens with zero attached hydrogens (tertiary/aromatic N) is 2. The molecule has 0 bridgehead atoms. The Morgan fingerprint density at radius 3 is 1.58 bits per heavy atom. The van der Waals surface area contributed by atoms with Crippen molar-refractivity contribution in [3.8, 4) is 0 Å². The number of carbonyl (C=O) groups excluding carboxylic acids is 1. The summed E-state index contributed by atoms with van der Waals surface area (Å²) in [5, 5.41) is 9.17. The molecule has 0 radical (unpaired) electrons. The first-order valence-corrected chi connectivity index (χ1v) is 13.3. The van der Waals surface area contributed by atoms with Gasteiger partial charge in [0.1, 0.15) is 0 Å². The summed E-state index contributed by atoms with van der Waals surface area (Å²) >= 11 is 0. The quantitative estimate of drug-likeness (QED) is 0.247. The number of amides is 1. The van der Waals surface area contributed by atoms with Crippen LogP contribution in [0, 0.1) is 5.92 Å². The first-order valence-electron chi connectivity index (χ1n) is 13.3. The summed E-state index contributed by atoms with van der Waals surface area (Å²) in [6, 6.07) is 0. The zero-order valence-electron chi connectivity index (χ0n) is 20.6. The summed E-state index contributed by atoms with van der Waals surface area (Å²) < 4.78 is 0. The van der Waals surface area contributed by atoms with Crippen LogP contribution in [0.4, 0.5) is 0 Å². The van der Waals surface area contributed by atoms with Gasteiger partial charge in [0.2, 0.25) is 5.91 Å². The lowest BCUT2D eigenvalue weighted by Gasteiger charge is -2.32. The van der Waals surface area contributed by atoms with Gasteiger partial charge < -0.3 is 10.0 Å². The number of piperidine rings is 1. The van der Waals surface area contributed by atoms with Gasteiger partial charge in [0.05, 0.1) is 12.5 Å². The van der Waals surface area contributed by atoms with E-state index in [-0.39, 0.29) is 11.8 Å². The summed E-state index contributed by atoms with van der Waals surface area (Å²) in [5.74, 6) is -0.804. The second-order valence-electron chi connectivity index (χ2n) is 9.51. The van der Waals surface area contributed by atoms with Crippen LogP contribution in [0.25, 0.3) is 0 Å². The van der Waals surface area contributed by atoms with Crippen molar-refractivity contribution in [2.75, 3.05) is 32.7 Å². The molecule has 0 unspecified atom stereocenters. The number of hydrogen-bond acceptors (Lipinski definition) is 3. The minimum absolute atomic E-state index is 0.190. The summed E-state index contributed by atoms with van der Waals surface area (Å²) in [7, 11) is 0. The van der Waals surface area contributed by atoms with E-state index in [1.165, 1.54) is 89.9 Å². The number of unbranched alkanes of at least 4 members (excludes halogenated alkanes) is 12. The zero-order chi connectivity index (χ0) is 22.7. The fraction of sp³-hybridized carbons (Fsp3) is 0.923. The first kappa shape index (κ1) is 27.9. The molecule has 5 heteroatoms. The van der Waals surface area contributed by atoms with E-state index in [1.54, 1.807) is 0 Å². The number of likely N-dealkylation sites (tertiary alicyclic amines) is 1. The molecular formula is C26H50N2O3. The van der Waals surface area contributed by atoms with Crippen LogP contribution in [0.2, 0.25) is 0 Å². The van der Waals surface area contributed by atoms with Crippen molar-refractivity contribution in [1.29, 1.82) is 0 Å². The number of rotatable bonds is 19. The zero-order valence-corrected chi connectivity index (χ0v) is 20.6. The van der Waals surface area contributed by atoms with Crippen LogP contribution in [0.1, 0.15) is 117 Å². The van der Waals surface area contributed by atoms with E-state index in [4.69, 9.17) is 0 Å². The van der Waals surface area contributed by atoms with Crippen molar-refractivity contribution in [3.05, 3.63) is 0 Å². The number of carboxylic acid groups (broad SMARTS) is 1. The Morgan fingerprint density at radius 1 is 0.742 bits per heavy atom. The molecular weight excluding hydrogens is 388 g/mol. The second kappa shape index (κ2) is 18.5. The van der Waals surface area contributed by atoms with Crippen LogP contribution in [-0.2, 0) is 9.59 Å². The maximum Gasteiger partial charge on any atom is 0.306 e. The normalized spacial score (nSPS) is 15.0. The molecule has 1 fully saturated rings. The van der Waals surface area contributed by atoms with Gasteiger partial charge in [-0.25, -0.2) is 0 Å². The van der Waals surface area contributed by atoms with E-state index in [2.05, 4.69) is 18.7 Å². The van der Waals surface area contributed by atoms with E-state index < -0.39 is 5.97 Å². The maximum absolute atomic E-state index is 12.8. The molecule has 1 aliphatic heterocycles. The fourth-order valence-electron chi connectivity index (χ4n) is 4.52. The van der Waals surface area contributed by atoms with Crippen molar-refractivity contribution in [3.63, 3.8) is 0 Å². The van der Waals surface area contributed by atoms with Crippen LogP contribution in [0.5, 0.6) is 0 Å². The first-order chi connectivity index (χ1) is 15.1. The number of carbonyl (C=O) groups is 2. The third kappa shape index (κ3) is 13.8. The van der Waals surface area contributed by atoms with Gasteiger partial charge in [-0.1, -0.05) is 90.9 Å². The Balaban J connectivity index is 2.34. The highest BCUT2D eigenvalue weighted by atomic mass is 16.4. The third-order valence-corrected chi connectivity index (χ3v) is 6.71. The van der Waals surface area contributed by atoms with Crippen LogP contribution in [-0.4, -0.2) is 59.5 Å². The minimum Gasteiger partial charge on any atom is -0.481 e. The van der Waals surface area contributed by atoms with Gasteiger partial charge in [-0.2, -0.15) is 0 Å². The summed E-state index contributed by atoms with van der Waals surface area (Å²) in [5.41, 5.74) is 0. The molecule has 0 saturated carbocycles. The average Bonchev–Trinajstić information content (AvgIpc) is 2.77. The lowest BCUT2D eigenvalue weighted by atomic mass is 9.97. The van der Waals surface area contributed by atoms with E-state index in [9.17, 15) is 14.7 Å². The number of hydrogen-bond donors (Lipinski definition) is 1. The van der Waals surface area contributed by atoms with Crippen molar-refractivity contribution in [2.45, 2.75) is 117 Å². The van der Waals surface area contributed by atoms with Gasteiger partial charge in [-0.05, 0) is 38.8 Å². The van der Waals surface area contributed by atoms with Gasteiger partial charge in [0.25, 0.3) is 0 Å². The van der Waals surface area contributed by atoms with Crippen molar-refractivity contribution in [2.24, 2.45) is 5.92 Å². The smallest absolute Gasteiger partial charge is 0.306 e. The maximum atomic E-state index is 12.8. The Morgan fingerprint density at radius 2 is 1.16 bits per heavy atom. The molecule has 0 aromatic heterocycles. The Bertz CT molecular complexity index is 444. The molecule has 0 aliphatic carbocycles. The topological polar surface area (TPSA) is 60.9 Å². The molecule has 1 rings (SSSR count). The molecule has 0 aromatic carbocycles. The Labute approximate surface area is 191 Å². The van der Waals surface area contributed by atoms with Crippen molar-refractivity contribution >= 4 is 11.9 Å². The summed E-state index contributed by atoms with van der Waals surface area (Å²) in [6.45, 7) is 8.23. The summed E-state index contributed by atoms with van der Waals surface area (Å²) in [6.07, 6.45) is 19.3.